The highest BCUT2D eigenvalue weighted by Gasteiger charge is 2.12. The van der Waals surface area contributed by atoms with Crippen LogP contribution in [0.15, 0.2) is 49.8 Å². The number of anilines is 1. The van der Waals surface area contributed by atoms with Crippen molar-refractivity contribution in [3.63, 3.8) is 0 Å². The monoisotopic (exact) mass is 557 g/mol. The van der Waals surface area contributed by atoms with Gasteiger partial charge in [0.15, 0.2) is 0 Å². The van der Waals surface area contributed by atoms with Crippen molar-refractivity contribution >= 4 is 82.0 Å². The first-order valence-electron chi connectivity index (χ1n) is 5.19. The Labute approximate surface area is 149 Å². The van der Waals surface area contributed by atoms with E-state index < -0.39 is 0 Å². The molecule has 0 saturated carbocycles. The third-order valence-electron chi connectivity index (χ3n) is 2.33. The molecule has 0 aliphatic carbocycles. The lowest BCUT2D eigenvalue weighted by Gasteiger charge is -2.10. The van der Waals surface area contributed by atoms with Gasteiger partial charge in [-0.2, -0.15) is 0 Å². The highest BCUT2D eigenvalue weighted by atomic mass is 127. The molecule has 1 amide bonds. The minimum Gasteiger partial charge on any atom is -0.320 e. The van der Waals surface area contributed by atoms with Crippen LogP contribution in [0.25, 0.3) is 0 Å². The van der Waals surface area contributed by atoms with Crippen LogP contribution in [0, 0.1) is 3.57 Å². The number of carbonyl (C=O) groups excluding carboxylic acids is 1. The molecule has 19 heavy (non-hydrogen) atoms. The molecule has 0 spiro atoms. The van der Waals surface area contributed by atoms with Gasteiger partial charge in [-0.05, 0) is 84.8 Å². The van der Waals surface area contributed by atoms with E-state index in [0.717, 1.165) is 17.0 Å². The summed E-state index contributed by atoms with van der Waals surface area (Å²) >= 11 is 12.5. The lowest BCUT2D eigenvalue weighted by Crippen LogP contribution is -2.12. The smallest absolute Gasteiger partial charge is 0.255 e. The fourth-order valence-corrected chi connectivity index (χ4v) is 4.48. The normalized spacial score (nSPS) is 10.3. The molecule has 98 valence electrons. The second-order valence-corrected chi connectivity index (χ2v) is 7.58. The number of halogens is 4. The predicted molar refractivity (Wildman–Crippen MR) is 96.7 cm³/mol. The van der Waals surface area contributed by atoms with Gasteiger partial charge < -0.3 is 5.32 Å². The van der Waals surface area contributed by atoms with Crippen LogP contribution in [0.1, 0.15) is 10.4 Å². The van der Waals surface area contributed by atoms with Gasteiger partial charge in [0.25, 0.3) is 5.91 Å². The molecule has 0 fully saturated rings. The zero-order chi connectivity index (χ0) is 14.0. The van der Waals surface area contributed by atoms with E-state index >= 15 is 0 Å². The van der Waals surface area contributed by atoms with E-state index in [0.29, 0.717) is 11.3 Å². The number of amides is 1. The Bertz CT molecular complexity index is 623. The Morgan fingerprint density at radius 1 is 1.05 bits per heavy atom. The summed E-state index contributed by atoms with van der Waals surface area (Å²) in [7, 11) is 0. The van der Waals surface area contributed by atoms with Crippen LogP contribution in [0.2, 0.25) is 0 Å². The van der Waals surface area contributed by atoms with E-state index in [1.165, 1.54) is 0 Å². The first-order chi connectivity index (χ1) is 8.97. The van der Waals surface area contributed by atoms with Crippen LogP contribution in [-0.2, 0) is 0 Å². The Hall–Kier alpha value is 0.0800. The molecule has 2 aromatic rings. The maximum Gasteiger partial charge on any atom is 0.255 e. The fourth-order valence-electron chi connectivity index (χ4n) is 1.48. The van der Waals surface area contributed by atoms with Crippen molar-refractivity contribution in [3.05, 3.63) is 58.9 Å². The van der Waals surface area contributed by atoms with Crippen LogP contribution in [0.5, 0.6) is 0 Å². The molecule has 0 aliphatic rings. The van der Waals surface area contributed by atoms with Crippen LogP contribution < -0.4 is 5.32 Å². The molecule has 2 aromatic carbocycles. The third kappa shape index (κ3) is 4.03. The molecule has 1 N–H and O–H groups in total. The first kappa shape index (κ1) is 15.5. The van der Waals surface area contributed by atoms with E-state index in [-0.39, 0.29) is 5.91 Å². The lowest BCUT2D eigenvalue weighted by atomic mass is 10.2. The van der Waals surface area contributed by atoms with Crippen molar-refractivity contribution in [3.8, 4) is 0 Å². The van der Waals surface area contributed by atoms with E-state index in [1.54, 1.807) is 6.07 Å². The largest absolute Gasteiger partial charge is 0.320 e. The Balaban J connectivity index is 2.29. The van der Waals surface area contributed by atoms with Crippen molar-refractivity contribution < 1.29 is 4.79 Å². The van der Waals surface area contributed by atoms with Gasteiger partial charge in [-0.1, -0.05) is 22.0 Å². The summed E-state index contributed by atoms with van der Waals surface area (Å²) in [6.45, 7) is 0. The average Bonchev–Trinajstić information content (AvgIpc) is 2.33. The standard InChI is InChI=1S/C13H7Br3INO/c14-8-5-10(15)12(11(16)6-8)18-13(19)7-2-1-3-9(17)4-7/h1-6H,(H,18,19). The fraction of sp³-hybridized carbons (Fsp3) is 0. The van der Waals surface area contributed by atoms with Gasteiger partial charge in [0.2, 0.25) is 0 Å². The van der Waals surface area contributed by atoms with Crippen LogP contribution >= 0.6 is 70.4 Å². The quantitative estimate of drug-likeness (QED) is 0.461. The average molecular weight is 560 g/mol. The molecule has 0 bridgehead atoms. The molecular formula is C13H7Br3INO. The molecule has 2 nitrogen and oxygen atoms in total. The molecule has 0 atom stereocenters. The summed E-state index contributed by atoms with van der Waals surface area (Å²) in [5.41, 5.74) is 1.35. The zero-order valence-corrected chi connectivity index (χ0v) is 16.3. The third-order valence-corrected chi connectivity index (χ3v) is 4.71. The lowest BCUT2D eigenvalue weighted by molar-refractivity contribution is 0.102. The van der Waals surface area contributed by atoms with Crippen LogP contribution in [0.3, 0.4) is 0 Å². The van der Waals surface area contributed by atoms with Crippen molar-refractivity contribution in [2.24, 2.45) is 0 Å². The minimum absolute atomic E-state index is 0.137. The summed E-state index contributed by atoms with van der Waals surface area (Å²) in [6, 6.07) is 11.2. The van der Waals surface area contributed by atoms with E-state index in [4.69, 9.17) is 0 Å². The molecule has 0 heterocycles. The number of benzene rings is 2. The number of carbonyl (C=O) groups is 1. The highest BCUT2D eigenvalue weighted by molar-refractivity contribution is 14.1. The Morgan fingerprint density at radius 3 is 2.26 bits per heavy atom. The van der Waals surface area contributed by atoms with Gasteiger partial charge in [-0.15, -0.1) is 0 Å². The topological polar surface area (TPSA) is 29.1 Å². The van der Waals surface area contributed by atoms with Gasteiger partial charge >= 0.3 is 0 Å². The number of nitrogens with one attached hydrogen (secondary N) is 1. The molecule has 0 aliphatic heterocycles. The molecule has 0 radical (unpaired) electrons. The van der Waals surface area contributed by atoms with E-state index in [9.17, 15) is 4.79 Å². The molecule has 6 heteroatoms. The molecule has 2 rings (SSSR count). The van der Waals surface area contributed by atoms with E-state index in [2.05, 4.69) is 75.7 Å². The van der Waals surface area contributed by atoms with Crippen molar-refractivity contribution in [2.45, 2.75) is 0 Å². The molecule has 0 saturated heterocycles. The summed E-state index contributed by atoms with van der Waals surface area (Å²) in [4.78, 5) is 12.2. The Kier molecular flexibility index (Phi) is 5.45. The first-order valence-corrected chi connectivity index (χ1v) is 8.64. The van der Waals surface area contributed by atoms with Crippen LogP contribution in [0.4, 0.5) is 5.69 Å². The number of hydrogen-bond donors (Lipinski definition) is 1. The zero-order valence-electron chi connectivity index (χ0n) is 9.38. The second-order valence-electron chi connectivity index (χ2n) is 3.71. The maximum atomic E-state index is 12.2. The SMILES string of the molecule is O=C(Nc1c(Br)cc(Br)cc1Br)c1cccc(I)c1. The van der Waals surface area contributed by atoms with Crippen molar-refractivity contribution in [1.82, 2.24) is 0 Å². The highest BCUT2D eigenvalue weighted by Crippen LogP contribution is 2.34. The number of rotatable bonds is 2. The second kappa shape index (κ2) is 6.69. The Morgan fingerprint density at radius 2 is 1.68 bits per heavy atom. The van der Waals surface area contributed by atoms with Gasteiger partial charge in [0.1, 0.15) is 0 Å². The molecular weight excluding hydrogens is 553 g/mol. The minimum atomic E-state index is -0.137. The van der Waals surface area contributed by atoms with Gasteiger partial charge in [-0.25, -0.2) is 0 Å². The summed E-state index contributed by atoms with van der Waals surface area (Å²) in [5, 5.41) is 2.89. The van der Waals surface area contributed by atoms with Gasteiger partial charge in [0.05, 0.1) is 5.69 Å². The van der Waals surface area contributed by atoms with E-state index in [1.807, 2.05) is 30.3 Å². The molecule has 0 aromatic heterocycles. The number of hydrogen-bond acceptors (Lipinski definition) is 1. The van der Waals surface area contributed by atoms with Crippen molar-refractivity contribution in [2.75, 3.05) is 5.32 Å². The summed E-state index contributed by atoms with van der Waals surface area (Å²) < 4.78 is 3.58. The summed E-state index contributed by atoms with van der Waals surface area (Å²) in [5.74, 6) is -0.137. The van der Waals surface area contributed by atoms with Crippen molar-refractivity contribution in [1.29, 1.82) is 0 Å². The summed E-state index contributed by atoms with van der Waals surface area (Å²) in [6.07, 6.45) is 0. The van der Waals surface area contributed by atoms with Gasteiger partial charge in [0, 0.05) is 22.6 Å². The van der Waals surface area contributed by atoms with Crippen LogP contribution in [-0.4, -0.2) is 5.91 Å². The maximum absolute atomic E-state index is 12.2. The predicted octanol–water partition coefficient (Wildman–Crippen LogP) is 5.83. The van der Waals surface area contributed by atoms with Gasteiger partial charge in [-0.3, -0.25) is 4.79 Å². The molecule has 0 unspecified atom stereocenters.